The molecule has 2 N–H and O–H groups in total. The number of hydrazine groups is 1. The fraction of sp³-hybridized carbons (Fsp3) is 0.478. The molecular weight excluding hydrogens is 419 g/mol. The summed E-state index contributed by atoms with van der Waals surface area (Å²) in [6.45, 7) is 6.82. The number of halogens is 2. The summed E-state index contributed by atoms with van der Waals surface area (Å²) in [6, 6.07) is 17.0. The van der Waals surface area contributed by atoms with Crippen LogP contribution in [0.5, 0.6) is 0 Å². The van der Waals surface area contributed by atoms with Gasteiger partial charge < -0.3 is 5.32 Å². The van der Waals surface area contributed by atoms with Gasteiger partial charge in [-0.25, -0.2) is 5.01 Å². The van der Waals surface area contributed by atoms with Crippen LogP contribution in [-0.4, -0.2) is 49.2 Å². The molecule has 5 nitrogen and oxygen atoms in total. The number of rotatable bonds is 10. The summed E-state index contributed by atoms with van der Waals surface area (Å²) in [7, 11) is 1.95. The van der Waals surface area contributed by atoms with Crippen LogP contribution in [0.2, 0.25) is 10.0 Å². The van der Waals surface area contributed by atoms with Crippen LogP contribution < -0.4 is 10.9 Å². The third-order valence-electron chi connectivity index (χ3n) is 5.69. The lowest BCUT2D eigenvalue weighted by Crippen LogP contribution is -2.44. The van der Waals surface area contributed by atoms with Gasteiger partial charge in [-0.2, -0.15) is 0 Å². The van der Waals surface area contributed by atoms with E-state index in [1.54, 1.807) is 0 Å². The molecule has 0 saturated carbocycles. The van der Waals surface area contributed by atoms with Crippen molar-refractivity contribution in [1.82, 2.24) is 20.8 Å². The van der Waals surface area contributed by atoms with Crippen LogP contribution in [0.25, 0.3) is 0 Å². The first-order valence-electron chi connectivity index (χ1n) is 10.6. The van der Waals surface area contributed by atoms with Crippen molar-refractivity contribution < 1.29 is 4.84 Å². The summed E-state index contributed by atoms with van der Waals surface area (Å²) in [6.07, 6.45) is 2.35. The van der Waals surface area contributed by atoms with E-state index in [9.17, 15) is 0 Å². The SMILES string of the molecule is CC(c1ccc(Cl)c(Cl)c1)N(C)NOCCNC1CCN(Cc2ccccc2)CC1. The molecule has 3 rings (SSSR count). The van der Waals surface area contributed by atoms with E-state index in [2.05, 4.69) is 53.1 Å². The van der Waals surface area contributed by atoms with Gasteiger partial charge in [0.25, 0.3) is 0 Å². The van der Waals surface area contributed by atoms with E-state index in [1.165, 1.54) is 18.4 Å². The van der Waals surface area contributed by atoms with E-state index >= 15 is 0 Å². The normalized spacial score (nSPS) is 16.8. The van der Waals surface area contributed by atoms with Crippen LogP contribution in [0.15, 0.2) is 48.5 Å². The average molecular weight is 451 g/mol. The fourth-order valence-electron chi connectivity index (χ4n) is 3.67. The second kappa shape index (κ2) is 12.0. The van der Waals surface area contributed by atoms with Gasteiger partial charge in [-0.3, -0.25) is 9.74 Å². The van der Waals surface area contributed by atoms with Gasteiger partial charge in [0.2, 0.25) is 0 Å². The zero-order valence-electron chi connectivity index (χ0n) is 17.8. The van der Waals surface area contributed by atoms with Crippen molar-refractivity contribution in [1.29, 1.82) is 0 Å². The highest BCUT2D eigenvalue weighted by Gasteiger charge is 2.18. The molecule has 7 heteroatoms. The average Bonchev–Trinajstić information content (AvgIpc) is 2.76. The summed E-state index contributed by atoms with van der Waals surface area (Å²) in [5.41, 5.74) is 5.46. The number of piperidine rings is 1. The van der Waals surface area contributed by atoms with Crippen LogP contribution in [0.3, 0.4) is 0 Å². The second-order valence-electron chi connectivity index (χ2n) is 7.89. The number of nitrogens with zero attached hydrogens (tertiary/aromatic N) is 2. The Morgan fingerprint density at radius 2 is 1.83 bits per heavy atom. The van der Waals surface area contributed by atoms with Crippen molar-refractivity contribution >= 4 is 23.2 Å². The molecule has 1 fully saturated rings. The van der Waals surface area contributed by atoms with Crippen molar-refractivity contribution in [2.45, 2.75) is 38.4 Å². The van der Waals surface area contributed by atoms with Crippen LogP contribution >= 0.6 is 23.2 Å². The lowest BCUT2D eigenvalue weighted by Gasteiger charge is -2.32. The van der Waals surface area contributed by atoms with Gasteiger partial charge >= 0.3 is 0 Å². The lowest BCUT2D eigenvalue weighted by molar-refractivity contribution is -0.0869. The molecule has 0 spiro atoms. The summed E-state index contributed by atoms with van der Waals surface area (Å²) < 4.78 is 0. The molecule has 1 saturated heterocycles. The molecule has 164 valence electrons. The van der Waals surface area contributed by atoms with Crippen molar-refractivity contribution in [3.63, 3.8) is 0 Å². The molecule has 0 radical (unpaired) electrons. The maximum Gasteiger partial charge on any atom is 0.0823 e. The Hall–Kier alpha value is -1.18. The van der Waals surface area contributed by atoms with Crippen molar-refractivity contribution in [3.8, 4) is 0 Å². The number of likely N-dealkylation sites (tertiary alicyclic amines) is 1. The molecular formula is C23H32Cl2N4O. The second-order valence-corrected chi connectivity index (χ2v) is 8.70. The zero-order valence-corrected chi connectivity index (χ0v) is 19.3. The van der Waals surface area contributed by atoms with Gasteiger partial charge in [0, 0.05) is 32.2 Å². The maximum atomic E-state index is 6.12. The summed E-state index contributed by atoms with van der Waals surface area (Å²) in [5.74, 6) is 0. The Labute approximate surface area is 190 Å². The Morgan fingerprint density at radius 3 is 2.53 bits per heavy atom. The molecule has 1 aliphatic rings. The molecule has 0 amide bonds. The van der Waals surface area contributed by atoms with Gasteiger partial charge in [0.05, 0.1) is 16.7 Å². The standard InChI is InChI=1S/C23H32Cl2N4O/c1-18(20-8-9-22(24)23(25)16-20)28(2)27-30-15-12-26-21-10-13-29(14-11-21)17-19-6-4-3-5-7-19/h3-9,16,18,21,26-27H,10-15,17H2,1-2H3. The summed E-state index contributed by atoms with van der Waals surface area (Å²) in [5, 5.41) is 6.66. The van der Waals surface area contributed by atoms with Gasteiger partial charge in [0.15, 0.2) is 0 Å². The van der Waals surface area contributed by atoms with Gasteiger partial charge in [-0.15, -0.1) is 5.59 Å². The fourth-order valence-corrected chi connectivity index (χ4v) is 3.98. The minimum absolute atomic E-state index is 0.0988. The molecule has 1 atom stereocenters. The molecule has 0 aliphatic carbocycles. The number of nitrogens with one attached hydrogen (secondary N) is 2. The van der Waals surface area contributed by atoms with Crippen molar-refractivity contribution in [3.05, 3.63) is 69.7 Å². The van der Waals surface area contributed by atoms with E-state index in [1.807, 2.05) is 30.3 Å². The first-order chi connectivity index (χ1) is 14.5. The predicted octanol–water partition coefficient (Wildman–Crippen LogP) is 4.68. The molecule has 0 aromatic heterocycles. The summed E-state index contributed by atoms with van der Waals surface area (Å²) in [4.78, 5) is 8.16. The first-order valence-corrected chi connectivity index (χ1v) is 11.3. The maximum absolute atomic E-state index is 6.12. The molecule has 1 unspecified atom stereocenters. The molecule has 1 aliphatic heterocycles. The van der Waals surface area contributed by atoms with E-state index < -0.39 is 0 Å². The smallest absolute Gasteiger partial charge is 0.0823 e. The number of hydrogen-bond donors (Lipinski definition) is 2. The molecule has 30 heavy (non-hydrogen) atoms. The van der Waals surface area contributed by atoms with Gasteiger partial charge in [-0.1, -0.05) is 59.6 Å². The predicted molar refractivity (Wildman–Crippen MR) is 124 cm³/mol. The minimum atomic E-state index is 0.0988. The molecule has 0 bridgehead atoms. The number of benzene rings is 2. The Kier molecular flexibility index (Phi) is 9.40. The van der Waals surface area contributed by atoms with Crippen LogP contribution in [0.4, 0.5) is 0 Å². The monoisotopic (exact) mass is 450 g/mol. The van der Waals surface area contributed by atoms with E-state index in [0.29, 0.717) is 22.7 Å². The third-order valence-corrected chi connectivity index (χ3v) is 6.43. The van der Waals surface area contributed by atoms with E-state index in [4.69, 9.17) is 28.0 Å². The third kappa shape index (κ3) is 7.20. The summed E-state index contributed by atoms with van der Waals surface area (Å²) >= 11 is 12.1. The molecule has 2 aromatic rings. The molecule has 1 heterocycles. The van der Waals surface area contributed by atoms with Crippen molar-refractivity contribution in [2.24, 2.45) is 0 Å². The van der Waals surface area contributed by atoms with Crippen LogP contribution in [0.1, 0.15) is 36.9 Å². The van der Waals surface area contributed by atoms with Crippen LogP contribution in [-0.2, 0) is 11.4 Å². The number of hydrogen-bond acceptors (Lipinski definition) is 5. The largest absolute Gasteiger partial charge is 0.312 e. The van der Waals surface area contributed by atoms with Gasteiger partial charge in [0.1, 0.15) is 0 Å². The van der Waals surface area contributed by atoms with Crippen molar-refractivity contribution in [2.75, 3.05) is 33.3 Å². The van der Waals surface area contributed by atoms with E-state index in [0.717, 1.165) is 31.7 Å². The Balaban J connectivity index is 1.28. The highest BCUT2D eigenvalue weighted by Crippen LogP contribution is 2.27. The van der Waals surface area contributed by atoms with E-state index in [-0.39, 0.29) is 6.04 Å². The highest BCUT2D eigenvalue weighted by molar-refractivity contribution is 6.42. The Morgan fingerprint density at radius 1 is 1.10 bits per heavy atom. The van der Waals surface area contributed by atoms with Crippen LogP contribution in [0, 0.1) is 0 Å². The zero-order chi connectivity index (χ0) is 21.3. The highest BCUT2D eigenvalue weighted by atomic mass is 35.5. The topological polar surface area (TPSA) is 39.8 Å². The molecule has 2 aromatic carbocycles. The van der Waals surface area contributed by atoms with Gasteiger partial charge in [-0.05, 0) is 56.1 Å². The first kappa shape index (κ1) is 23.5. The minimum Gasteiger partial charge on any atom is -0.312 e. The lowest BCUT2D eigenvalue weighted by atomic mass is 10.0. The quantitative estimate of drug-likeness (QED) is 0.406. The Bertz CT molecular complexity index is 769.